The molecule has 462 valence electrons. The molecule has 0 saturated heterocycles. The van der Waals surface area contributed by atoms with E-state index < -0.39 is 0 Å². The Morgan fingerprint density at radius 2 is 0.484 bits per heavy atom. The zero-order valence-electron chi connectivity index (χ0n) is 55.4. The minimum absolute atomic E-state index is 0.257. The lowest BCUT2D eigenvalue weighted by Crippen LogP contribution is -2.61. The molecule has 13 aromatic rings. The van der Waals surface area contributed by atoms with E-state index in [0.29, 0.717) is 10.0 Å². The average molecular weight is 1270 g/mol. The van der Waals surface area contributed by atoms with E-state index in [4.69, 9.17) is 23.2 Å². The highest BCUT2D eigenvalue weighted by Crippen LogP contribution is 2.57. The predicted molar refractivity (Wildman–Crippen MR) is 410 cm³/mol. The van der Waals surface area contributed by atoms with Crippen LogP contribution in [-0.2, 0) is 16.2 Å². The molecule has 0 N–H and O–H groups in total. The van der Waals surface area contributed by atoms with E-state index >= 15 is 0 Å². The summed E-state index contributed by atoms with van der Waals surface area (Å²) in [4.78, 5) is 5.26. The van der Waals surface area contributed by atoms with Crippen LogP contribution < -0.4 is 26.2 Å². The molecule has 2 nitrogen and oxygen atoms in total. The highest BCUT2D eigenvalue weighted by Gasteiger charge is 2.47. The minimum Gasteiger partial charge on any atom is -0.310 e. The van der Waals surface area contributed by atoms with Crippen molar-refractivity contribution in [2.45, 2.75) is 78.6 Å². The van der Waals surface area contributed by atoms with Crippen LogP contribution in [0.15, 0.2) is 291 Å². The van der Waals surface area contributed by atoms with E-state index in [2.05, 4.69) is 363 Å². The molecule has 0 atom stereocenters. The Bertz CT molecular complexity index is 4580. The topological polar surface area (TPSA) is 6.48 Å². The molecule has 0 bridgehead atoms. The van der Waals surface area contributed by atoms with E-state index in [1.165, 1.54) is 22.2 Å². The molecule has 0 spiro atoms. The van der Waals surface area contributed by atoms with Crippen molar-refractivity contribution in [3.8, 4) is 89.0 Å². The van der Waals surface area contributed by atoms with E-state index in [1.54, 1.807) is 0 Å². The van der Waals surface area contributed by atoms with Crippen LogP contribution in [0.4, 0.5) is 34.1 Å². The van der Waals surface area contributed by atoms with Crippen molar-refractivity contribution in [3.05, 3.63) is 318 Å². The molecule has 13 aromatic carbocycles. The lowest BCUT2D eigenvalue weighted by molar-refractivity contribution is 0.590. The smallest absolute Gasteiger partial charge is 0.252 e. The minimum atomic E-state index is -0.356. The predicted octanol–water partition coefficient (Wildman–Crippen LogP) is 24.3. The van der Waals surface area contributed by atoms with Crippen LogP contribution in [0.1, 0.15) is 79.0 Å². The standard InChI is InChI=1S/C90H75BCl2N2/c1-88(2,3)62-50-75(71-42-26-22-38-67(71)58-30-14-10-15-31-58)86(76(51-62)72-43-27-23-39-68(72)59-32-16-11-17-33-59)94-81-56-65(92)46-48-79(81)91-80-49-47-66(93)57-82(80)95(84-55-64(90(7,8)9)54-83(94)85(84)91)87-77(73-44-28-24-40-69(73)60-34-18-12-19-35-60)52-63(89(4,5)6)53-78(87)74-45-29-25-41-70(74)61-36-20-13-21-37-61/h10-57H,1-9H3. The first kappa shape index (κ1) is 61.3. The summed E-state index contributed by atoms with van der Waals surface area (Å²) >= 11 is 15.2. The van der Waals surface area contributed by atoms with Crippen molar-refractivity contribution in [3.63, 3.8) is 0 Å². The Morgan fingerprint density at radius 1 is 0.242 bits per heavy atom. The Balaban J connectivity index is 1.14. The molecule has 0 fully saturated rings. The van der Waals surface area contributed by atoms with Gasteiger partial charge in [0.05, 0.1) is 11.4 Å². The van der Waals surface area contributed by atoms with Crippen LogP contribution in [0, 0.1) is 0 Å². The molecule has 0 aromatic heterocycles. The van der Waals surface area contributed by atoms with Gasteiger partial charge in [0, 0.05) is 55.0 Å². The van der Waals surface area contributed by atoms with Gasteiger partial charge in [0.2, 0.25) is 0 Å². The summed E-state index contributed by atoms with van der Waals surface area (Å²) in [5.41, 5.74) is 30.8. The van der Waals surface area contributed by atoms with Crippen LogP contribution >= 0.6 is 23.2 Å². The molecule has 0 aliphatic carbocycles. The third kappa shape index (κ3) is 11.1. The zero-order chi connectivity index (χ0) is 65.5. The van der Waals surface area contributed by atoms with Crippen molar-refractivity contribution < 1.29 is 0 Å². The van der Waals surface area contributed by atoms with Crippen LogP contribution in [0.2, 0.25) is 10.0 Å². The number of fused-ring (bicyclic) bond motifs is 4. The van der Waals surface area contributed by atoms with Crippen molar-refractivity contribution in [2.24, 2.45) is 0 Å². The van der Waals surface area contributed by atoms with Gasteiger partial charge in [-0.3, -0.25) is 0 Å². The molecule has 0 radical (unpaired) electrons. The lowest BCUT2D eigenvalue weighted by atomic mass is 9.33. The van der Waals surface area contributed by atoms with Gasteiger partial charge in [0.1, 0.15) is 0 Å². The third-order valence-electron chi connectivity index (χ3n) is 19.5. The quantitative estimate of drug-likeness (QED) is 0.126. The maximum absolute atomic E-state index is 7.59. The fourth-order valence-electron chi connectivity index (χ4n) is 14.6. The van der Waals surface area contributed by atoms with Crippen molar-refractivity contribution in [1.29, 1.82) is 0 Å². The normalized spacial score (nSPS) is 12.7. The first-order chi connectivity index (χ1) is 45.9. The third-order valence-corrected chi connectivity index (χ3v) is 19.9. The molecule has 15 rings (SSSR count). The Hall–Kier alpha value is -9.90. The lowest BCUT2D eigenvalue weighted by Gasteiger charge is -2.47. The first-order valence-corrected chi connectivity index (χ1v) is 34.0. The summed E-state index contributed by atoms with van der Waals surface area (Å²) in [5.74, 6) is 0. The van der Waals surface area contributed by atoms with Crippen LogP contribution in [0.25, 0.3) is 89.0 Å². The van der Waals surface area contributed by atoms with E-state index in [0.717, 1.165) is 134 Å². The van der Waals surface area contributed by atoms with Gasteiger partial charge in [-0.1, -0.05) is 316 Å². The fraction of sp³-hybridized carbons (Fsp3) is 0.133. The van der Waals surface area contributed by atoms with Gasteiger partial charge in [-0.25, -0.2) is 0 Å². The van der Waals surface area contributed by atoms with E-state index in [-0.39, 0.29) is 23.0 Å². The molecule has 2 aliphatic rings. The number of halogens is 2. The molecule has 0 saturated carbocycles. The monoisotopic (exact) mass is 1260 g/mol. The largest absolute Gasteiger partial charge is 0.310 e. The summed E-state index contributed by atoms with van der Waals surface area (Å²) in [6.07, 6.45) is 0. The molecule has 0 unspecified atom stereocenters. The van der Waals surface area contributed by atoms with Crippen molar-refractivity contribution in [2.75, 3.05) is 9.80 Å². The Morgan fingerprint density at radius 3 is 0.747 bits per heavy atom. The number of anilines is 6. The molecule has 5 heteroatoms. The number of nitrogens with zero attached hydrogens (tertiary/aromatic N) is 2. The van der Waals surface area contributed by atoms with Gasteiger partial charge < -0.3 is 9.80 Å². The number of hydrogen-bond donors (Lipinski definition) is 0. The van der Waals surface area contributed by atoms with Crippen LogP contribution in [0.3, 0.4) is 0 Å². The van der Waals surface area contributed by atoms with E-state index in [9.17, 15) is 0 Å². The maximum Gasteiger partial charge on any atom is 0.252 e. The molecule has 2 aliphatic heterocycles. The molecular weight excluding hydrogens is 1190 g/mol. The zero-order valence-corrected chi connectivity index (χ0v) is 57.0. The second-order valence-electron chi connectivity index (χ2n) is 28.7. The van der Waals surface area contributed by atoms with Gasteiger partial charge in [-0.15, -0.1) is 0 Å². The molecule has 0 amide bonds. The number of rotatable bonds is 10. The fourth-order valence-corrected chi connectivity index (χ4v) is 15.0. The van der Waals surface area contributed by atoms with Crippen LogP contribution in [0.5, 0.6) is 0 Å². The molecule has 95 heavy (non-hydrogen) atoms. The SMILES string of the molecule is CC(C)(C)c1cc(-c2ccccc2-c2ccccc2)c(N2c3cc(Cl)ccc3B3c4ccc(Cl)cc4N(c4c(-c5ccccc5-c5ccccc5)cc(C(C)(C)C)cc4-c4ccccc4-c4ccccc4)c4cc(C(C)(C)C)cc2c43)c(-c2ccccc2-c2ccccc2)c1. The summed E-state index contributed by atoms with van der Waals surface area (Å²) in [5, 5.41) is 1.31. The maximum atomic E-state index is 7.59. The summed E-state index contributed by atoms with van der Waals surface area (Å²) in [7, 11) is 0. The van der Waals surface area contributed by atoms with Crippen LogP contribution in [-0.4, -0.2) is 6.71 Å². The second-order valence-corrected chi connectivity index (χ2v) is 29.5. The van der Waals surface area contributed by atoms with Gasteiger partial charge >= 0.3 is 0 Å². The van der Waals surface area contributed by atoms with E-state index in [1.807, 2.05) is 0 Å². The summed E-state index contributed by atoms with van der Waals surface area (Å²) in [6, 6.07) is 108. The first-order valence-electron chi connectivity index (χ1n) is 33.2. The highest BCUT2D eigenvalue weighted by atomic mass is 35.5. The second kappa shape index (κ2) is 24.1. The van der Waals surface area contributed by atoms with Gasteiger partial charge in [-0.05, 0) is 177 Å². The number of benzene rings is 13. The highest BCUT2D eigenvalue weighted by molar-refractivity contribution is 7.00. The summed E-state index contributed by atoms with van der Waals surface area (Å²) < 4.78 is 0. The summed E-state index contributed by atoms with van der Waals surface area (Å²) in [6.45, 7) is 20.9. The number of hydrogen-bond acceptors (Lipinski definition) is 2. The Kier molecular flexibility index (Phi) is 15.6. The van der Waals surface area contributed by atoms with Crippen molar-refractivity contribution >= 4 is 80.4 Å². The Labute approximate surface area is 571 Å². The van der Waals surface area contributed by atoms with Gasteiger partial charge in [-0.2, -0.15) is 0 Å². The average Bonchev–Trinajstić information content (AvgIpc) is 0.688. The molecular formula is C90H75BCl2N2. The van der Waals surface area contributed by atoms with Gasteiger partial charge in [0.25, 0.3) is 6.71 Å². The molecule has 2 heterocycles. The van der Waals surface area contributed by atoms with Gasteiger partial charge in [0.15, 0.2) is 0 Å². The van der Waals surface area contributed by atoms with Crippen molar-refractivity contribution in [1.82, 2.24) is 0 Å².